The Bertz CT molecular complexity index is 3070. The first-order valence-corrected chi connectivity index (χ1v) is 27.3. The van der Waals surface area contributed by atoms with Crippen molar-refractivity contribution in [1.29, 1.82) is 0 Å². The number of rotatable bonds is 16. The van der Waals surface area contributed by atoms with Crippen molar-refractivity contribution in [3.05, 3.63) is 41.1 Å². The highest BCUT2D eigenvalue weighted by molar-refractivity contribution is 7.89. The van der Waals surface area contributed by atoms with E-state index in [1.807, 2.05) is 59.9 Å². The molecule has 7 atom stereocenters. The van der Waals surface area contributed by atoms with E-state index in [0.29, 0.717) is 84.3 Å². The molecule has 0 unspecified atom stereocenters. The second-order valence-electron chi connectivity index (χ2n) is 20.4. The normalized spacial score (nSPS) is 25.1. The van der Waals surface area contributed by atoms with Crippen LogP contribution >= 0.6 is 22.7 Å². The van der Waals surface area contributed by atoms with Crippen LogP contribution in [0.1, 0.15) is 101 Å². The zero-order chi connectivity index (χ0) is 49.4. The summed E-state index contributed by atoms with van der Waals surface area (Å²) < 4.78 is 37.7. The standard InChI is InChI=1S/C47H61N13O7S3/c1-21-17-30-35(56-42(69-30)31-22(2)52-45(60-46(4,5)6)57-39(31)54-28-18-26(19-61)36(62)37(28)63)41(50-21)67-38-25(20-70(65,66)48-7)13-15-47(38,64)59-40-32(23(3)51-44(58-40)53-27-9-8-10-27)43-55-34-29(68-43)14-16-49-33(34)24-11-12-24/h14,16-17,24-28,36-38,48,61-64H,8-13,15,18-20H2,1-7H3,(H2,51,53,58,59)(H2,52,54,57,60)/t25-,26-,28-,36-,37+,38-,47-/m1/s1. The Morgan fingerprint density at radius 1 is 0.829 bits per heavy atom. The highest BCUT2D eigenvalue weighted by Gasteiger charge is 2.52. The molecule has 6 aromatic heterocycles. The van der Waals surface area contributed by atoms with Gasteiger partial charge in [0.15, 0.2) is 11.8 Å². The van der Waals surface area contributed by atoms with Gasteiger partial charge in [-0.15, -0.1) is 22.7 Å². The summed E-state index contributed by atoms with van der Waals surface area (Å²) >= 11 is 2.85. The first-order chi connectivity index (χ1) is 33.3. The average molecular weight is 1020 g/mol. The van der Waals surface area contributed by atoms with Gasteiger partial charge in [0.05, 0.1) is 55.5 Å². The molecule has 23 heteroatoms. The number of hydrogen-bond acceptors (Lipinski definition) is 21. The summed E-state index contributed by atoms with van der Waals surface area (Å²) in [6.45, 7) is 11.2. The molecule has 10 rings (SSSR count). The van der Waals surface area contributed by atoms with E-state index < -0.39 is 57.5 Å². The zero-order valence-corrected chi connectivity index (χ0v) is 42.7. The molecule has 0 aromatic carbocycles. The van der Waals surface area contributed by atoms with Gasteiger partial charge in [-0.25, -0.2) is 38.1 Å². The molecule has 0 radical (unpaired) electrons. The number of aliphatic hydroxyl groups excluding tert-OH is 3. The van der Waals surface area contributed by atoms with Gasteiger partial charge in [-0.1, -0.05) is 0 Å². The SMILES string of the molecule is CNS(=O)(=O)C[C@H]1CC[C@](O)(Nc2nc(NC3CCC3)nc(C)c2-c2nc3c(C4CC4)nccc3s2)[C@@H]1Oc1nc(C)cc2sc(-c3c(C)nc(NC(C)(C)C)nc3N[C@@H]3C[C@H](CO)[C@@H](O)[C@H]3O)nc12. The van der Waals surface area contributed by atoms with Crippen molar-refractivity contribution < 1.29 is 33.6 Å². The van der Waals surface area contributed by atoms with E-state index in [1.165, 1.54) is 29.7 Å². The van der Waals surface area contributed by atoms with E-state index in [0.717, 1.165) is 48.0 Å². The Balaban J connectivity index is 1.05. The van der Waals surface area contributed by atoms with Crippen molar-refractivity contribution >= 4 is 76.7 Å². The molecule has 20 nitrogen and oxygen atoms in total. The van der Waals surface area contributed by atoms with E-state index in [1.54, 1.807) is 0 Å². The van der Waals surface area contributed by atoms with Gasteiger partial charge in [-0.2, -0.15) is 9.97 Å². The molecule has 6 heterocycles. The molecule has 4 aliphatic carbocycles. The molecular formula is C47H61N13O7S3. The number of sulfonamides is 1. The molecule has 0 saturated heterocycles. The lowest BCUT2D eigenvalue weighted by Gasteiger charge is -2.34. The summed E-state index contributed by atoms with van der Waals surface area (Å²) in [7, 11) is -2.44. The summed E-state index contributed by atoms with van der Waals surface area (Å²) in [4.78, 5) is 39.4. The number of aromatic nitrogens is 8. The Kier molecular flexibility index (Phi) is 12.9. The molecule has 4 aliphatic rings. The quantitative estimate of drug-likeness (QED) is 0.0533. The molecule has 374 valence electrons. The lowest BCUT2D eigenvalue weighted by molar-refractivity contribution is -0.0313. The minimum atomic E-state index is -3.80. The minimum Gasteiger partial charge on any atom is -0.467 e. The van der Waals surface area contributed by atoms with Crippen LogP contribution in [0.25, 0.3) is 41.6 Å². The number of thiazole rings is 2. The first-order valence-electron chi connectivity index (χ1n) is 24.0. The van der Waals surface area contributed by atoms with Gasteiger partial charge in [0, 0.05) is 47.8 Å². The molecule has 4 saturated carbocycles. The Labute approximate surface area is 414 Å². The van der Waals surface area contributed by atoms with Crippen LogP contribution < -0.4 is 30.7 Å². The Morgan fingerprint density at radius 2 is 1.51 bits per heavy atom. The van der Waals surface area contributed by atoms with Crippen LogP contribution in [-0.4, -0.2) is 130 Å². The van der Waals surface area contributed by atoms with E-state index in [2.05, 4.69) is 26.0 Å². The highest BCUT2D eigenvalue weighted by Crippen LogP contribution is 2.47. The lowest BCUT2D eigenvalue weighted by Crippen LogP contribution is -2.52. The van der Waals surface area contributed by atoms with Crippen molar-refractivity contribution in [2.24, 2.45) is 11.8 Å². The number of nitrogens with one attached hydrogen (secondary N) is 5. The van der Waals surface area contributed by atoms with Crippen LogP contribution in [0, 0.1) is 32.6 Å². The van der Waals surface area contributed by atoms with Crippen molar-refractivity contribution in [3.8, 4) is 27.0 Å². The molecule has 9 N–H and O–H groups in total. The van der Waals surface area contributed by atoms with E-state index in [4.69, 9.17) is 44.6 Å². The molecule has 0 bridgehead atoms. The molecule has 4 fully saturated rings. The summed E-state index contributed by atoms with van der Waals surface area (Å²) in [5, 5.41) is 59.6. The fourth-order valence-electron chi connectivity index (χ4n) is 9.79. The zero-order valence-electron chi connectivity index (χ0n) is 40.2. The fraction of sp³-hybridized carbons (Fsp3) is 0.574. The third-order valence-electron chi connectivity index (χ3n) is 13.8. The third kappa shape index (κ3) is 9.70. The molecule has 0 spiro atoms. The van der Waals surface area contributed by atoms with Crippen LogP contribution in [0.3, 0.4) is 0 Å². The molecule has 0 amide bonds. The summed E-state index contributed by atoms with van der Waals surface area (Å²) in [5.41, 5.74) is 2.88. The largest absolute Gasteiger partial charge is 0.467 e. The van der Waals surface area contributed by atoms with Crippen molar-refractivity contribution in [1.82, 2.24) is 44.6 Å². The fourth-order valence-corrected chi connectivity index (χ4v) is 13.1. The number of fused-ring (bicyclic) bond motifs is 2. The van der Waals surface area contributed by atoms with Gasteiger partial charge in [-0.3, -0.25) is 4.98 Å². The van der Waals surface area contributed by atoms with Crippen LogP contribution in [0.5, 0.6) is 5.88 Å². The highest BCUT2D eigenvalue weighted by atomic mass is 32.2. The van der Waals surface area contributed by atoms with Gasteiger partial charge >= 0.3 is 0 Å². The second kappa shape index (κ2) is 18.6. The van der Waals surface area contributed by atoms with Crippen LogP contribution in [0.15, 0.2) is 18.3 Å². The third-order valence-corrected chi connectivity index (χ3v) is 17.3. The predicted octanol–water partition coefficient (Wildman–Crippen LogP) is 5.61. The second-order valence-corrected chi connectivity index (χ2v) is 24.4. The Morgan fingerprint density at radius 3 is 2.17 bits per heavy atom. The maximum absolute atomic E-state index is 13.3. The maximum Gasteiger partial charge on any atom is 0.242 e. The van der Waals surface area contributed by atoms with Gasteiger partial charge in [-0.05, 0) is 112 Å². The maximum atomic E-state index is 13.3. The predicted molar refractivity (Wildman–Crippen MR) is 271 cm³/mol. The minimum absolute atomic E-state index is 0.0911. The van der Waals surface area contributed by atoms with Crippen LogP contribution in [-0.2, 0) is 10.0 Å². The van der Waals surface area contributed by atoms with Gasteiger partial charge in [0.25, 0.3) is 0 Å². The van der Waals surface area contributed by atoms with E-state index in [9.17, 15) is 28.8 Å². The summed E-state index contributed by atoms with van der Waals surface area (Å²) in [5.74, 6) is 0.313. The van der Waals surface area contributed by atoms with Crippen LogP contribution in [0.2, 0.25) is 0 Å². The van der Waals surface area contributed by atoms with Crippen LogP contribution in [0.4, 0.5) is 23.5 Å². The monoisotopic (exact) mass is 1020 g/mol. The van der Waals surface area contributed by atoms with Gasteiger partial charge in [0.1, 0.15) is 38.8 Å². The van der Waals surface area contributed by atoms with E-state index >= 15 is 0 Å². The topological polar surface area (TPSA) is 288 Å². The summed E-state index contributed by atoms with van der Waals surface area (Å²) in [6.07, 6.45) is 4.21. The number of anilines is 4. The number of nitrogens with zero attached hydrogens (tertiary/aromatic N) is 8. The number of pyridine rings is 2. The number of aliphatic hydroxyl groups is 4. The number of hydrogen-bond donors (Lipinski definition) is 9. The molecule has 70 heavy (non-hydrogen) atoms. The lowest BCUT2D eigenvalue weighted by atomic mass is 9.93. The van der Waals surface area contributed by atoms with Crippen molar-refractivity contribution in [2.45, 2.75) is 140 Å². The molecule has 0 aliphatic heterocycles. The Hall–Kier alpha value is -5.01. The number of aryl methyl sites for hydroxylation is 3. The first kappa shape index (κ1) is 48.6. The van der Waals surface area contributed by atoms with Crippen molar-refractivity contribution in [3.63, 3.8) is 0 Å². The number of ether oxygens (including phenoxy) is 1. The van der Waals surface area contributed by atoms with E-state index in [-0.39, 0.29) is 37.1 Å². The average Bonchev–Trinajstić information content (AvgIpc) is 3.66. The smallest absolute Gasteiger partial charge is 0.242 e. The summed E-state index contributed by atoms with van der Waals surface area (Å²) in [6, 6.07) is 3.41. The van der Waals surface area contributed by atoms with Gasteiger partial charge < -0.3 is 46.4 Å². The van der Waals surface area contributed by atoms with Gasteiger partial charge in [0.2, 0.25) is 27.8 Å². The van der Waals surface area contributed by atoms with Crippen molar-refractivity contribution in [2.75, 3.05) is 40.7 Å². The molecular weight excluding hydrogens is 955 g/mol. The molecule has 6 aromatic rings.